The molecule has 0 saturated heterocycles. The average Bonchev–Trinajstić information content (AvgIpc) is 2.53. The van der Waals surface area contributed by atoms with Gasteiger partial charge >= 0.3 is 21.7 Å². The van der Waals surface area contributed by atoms with Crippen molar-refractivity contribution >= 4 is 43.1 Å². The van der Waals surface area contributed by atoms with Gasteiger partial charge in [-0.05, 0) is 12.1 Å². The fraction of sp³-hybridized carbons (Fsp3) is 0. The van der Waals surface area contributed by atoms with Crippen LogP contribution in [0.3, 0.4) is 0 Å². The van der Waals surface area contributed by atoms with Gasteiger partial charge in [0.1, 0.15) is 0 Å². The van der Waals surface area contributed by atoms with Crippen LogP contribution in [0.2, 0.25) is 0 Å². The Morgan fingerprint density at radius 1 is 0.846 bits per heavy atom. The summed E-state index contributed by atoms with van der Waals surface area (Å²) < 4.78 is 45.0. The van der Waals surface area contributed by atoms with Crippen LogP contribution in [0.1, 0.15) is 0 Å². The standard InChI is InChI=1S/C14H6O11S/c15-5-1-3-7-8-4(13(18)23-11(7)9(5)17)2-6(16)10(25-26(20,21)22)12(8)24-14(3)19/h1-2,15-17H,(H,20,21,22). The molecule has 0 amide bonds. The molecule has 4 N–H and O–H groups in total. The topological polar surface area (TPSA) is 185 Å². The summed E-state index contributed by atoms with van der Waals surface area (Å²) in [6.07, 6.45) is 0. The van der Waals surface area contributed by atoms with Crippen LogP contribution in [0.15, 0.2) is 30.6 Å². The van der Waals surface area contributed by atoms with Crippen molar-refractivity contribution in [1.29, 1.82) is 0 Å². The zero-order valence-corrected chi connectivity index (χ0v) is 13.0. The van der Waals surface area contributed by atoms with Crippen LogP contribution >= 0.6 is 0 Å². The van der Waals surface area contributed by atoms with E-state index in [0.29, 0.717) is 0 Å². The lowest BCUT2D eigenvalue weighted by molar-refractivity contribution is 0.368. The van der Waals surface area contributed by atoms with Crippen LogP contribution in [0.5, 0.6) is 23.0 Å². The van der Waals surface area contributed by atoms with Crippen molar-refractivity contribution < 1.29 is 41.3 Å². The molecule has 0 aliphatic rings. The second-order valence-electron chi connectivity index (χ2n) is 5.26. The first-order valence-electron chi connectivity index (χ1n) is 6.69. The van der Waals surface area contributed by atoms with Gasteiger partial charge in [0.25, 0.3) is 0 Å². The molecule has 4 rings (SSSR count). The van der Waals surface area contributed by atoms with Crippen molar-refractivity contribution in [3.8, 4) is 23.0 Å². The summed E-state index contributed by atoms with van der Waals surface area (Å²) in [5, 5.41) is 28.5. The highest BCUT2D eigenvalue weighted by Crippen LogP contribution is 2.45. The van der Waals surface area contributed by atoms with E-state index in [-0.39, 0.29) is 21.5 Å². The molecule has 12 heteroatoms. The van der Waals surface area contributed by atoms with Gasteiger partial charge in [-0.1, -0.05) is 0 Å². The molecule has 11 nitrogen and oxygen atoms in total. The van der Waals surface area contributed by atoms with E-state index in [9.17, 15) is 33.3 Å². The summed E-state index contributed by atoms with van der Waals surface area (Å²) in [6, 6.07) is 1.63. The molecule has 2 aromatic heterocycles. The van der Waals surface area contributed by atoms with E-state index < -0.39 is 55.8 Å². The lowest BCUT2D eigenvalue weighted by Crippen LogP contribution is -2.10. The molecule has 2 heterocycles. The summed E-state index contributed by atoms with van der Waals surface area (Å²) in [5.74, 6) is -3.48. The predicted molar refractivity (Wildman–Crippen MR) is 84.4 cm³/mol. The summed E-state index contributed by atoms with van der Waals surface area (Å²) in [4.78, 5) is 24.4. The first-order valence-corrected chi connectivity index (χ1v) is 8.05. The number of hydrogen-bond acceptors (Lipinski definition) is 10. The molecule has 0 atom stereocenters. The Kier molecular flexibility index (Phi) is 2.93. The Hall–Kier alpha value is -3.51. The van der Waals surface area contributed by atoms with E-state index in [4.69, 9.17) is 13.4 Å². The smallest absolute Gasteiger partial charge is 0.446 e. The minimum Gasteiger partial charge on any atom is -0.504 e. The Bertz CT molecular complexity index is 1440. The fourth-order valence-corrected chi connectivity index (χ4v) is 3.13. The zero-order chi connectivity index (χ0) is 19.0. The number of phenolic OH excluding ortho intramolecular Hbond substituents is 3. The maximum Gasteiger partial charge on any atom is 0.446 e. The zero-order valence-electron chi connectivity index (χ0n) is 12.2. The summed E-state index contributed by atoms with van der Waals surface area (Å²) in [5.41, 5.74) is -3.46. The van der Waals surface area contributed by atoms with E-state index in [1.807, 2.05) is 0 Å². The molecule has 0 aliphatic heterocycles. The molecule has 134 valence electrons. The number of hydrogen-bond donors (Lipinski definition) is 4. The molecule has 0 unspecified atom stereocenters. The van der Waals surface area contributed by atoms with Crippen LogP contribution in [-0.2, 0) is 10.4 Å². The molecule has 0 bridgehead atoms. The van der Waals surface area contributed by atoms with Crippen LogP contribution in [0.25, 0.3) is 32.7 Å². The van der Waals surface area contributed by atoms with E-state index in [2.05, 4.69) is 4.18 Å². The molecule has 4 aromatic rings. The number of benzene rings is 2. The quantitative estimate of drug-likeness (QED) is 0.166. The Morgan fingerprint density at radius 3 is 1.92 bits per heavy atom. The van der Waals surface area contributed by atoms with Crippen molar-refractivity contribution in [1.82, 2.24) is 0 Å². The number of rotatable bonds is 2. The highest BCUT2D eigenvalue weighted by molar-refractivity contribution is 7.81. The van der Waals surface area contributed by atoms with Gasteiger partial charge in [0, 0.05) is 10.8 Å². The maximum atomic E-state index is 12.2. The third-order valence-corrected chi connectivity index (χ3v) is 4.10. The average molecular weight is 382 g/mol. The predicted octanol–water partition coefficient (Wildman–Crippen LogP) is 0.789. The maximum absolute atomic E-state index is 12.2. The fourth-order valence-electron chi connectivity index (χ4n) is 2.76. The molecule has 26 heavy (non-hydrogen) atoms. The SMILES string of the molecule is O=c1oc2c(OS(=O)(=O)O)c(O)cc3c(=O)oc4c(O)c(O)cc1c4c23. The molecular formula is C14H6O11S. The second kappa shape index (κ2) is 4.77. The van der Waals surface area contributed by atoms with Crippen LogP contribution in [0, 0.1) is 0 Å². The van der Waals surface area contributed by atoms with Gasteiger partial charge < -0.3 is 28.3 Å². The van der Waals surface area contributed by atoms with E-state index in [1.165, 1.54) is 0 Å². The normalized spacial score (nSPS) is 12.3. The van der Waals surface area contributed by atoms with Gasteiger partial charge in [-0.15, -0.1) is 0 Å². The Labute approximate surface area is 141 Å². The van der Waals surface area contributed by atoms with Crippen molar-refractivity contribution in [2.45, 2.75) is 0 Å². The van der Waals surface area contributed by atoms with Crippen LogP contribution in [0.4, 0.5) is 0 Å². The lowest BCUT2D eigenvalue weighted by atomic mass is 10.0. The molecule has 0 saturated carbocycles. The molecule has 0 radical (unpaired) electrons. The van der Waals surface area contributed by atoms with Gasteiger partial charge in [-0.25, -0.2) is 9.59 Å². The van der Waals surface area contributed by atoms with Crippen LogP contribution in [-0.4, -0.2) is 28.3 Å². The largest absolute Gasteiger partial charge is 0.504 e. The Morgan fingerprint density at radius 2 is 1.35 bits per heavy atom. The summed E-state index contributed by atoms with van der Waals surface area (Å²) >= 11 is 0. The minimum absolute atomic E-state index is 0.179. The van der Waals surface area contributed by atoms with Gasteiger partial charge in [0.2, 0.25) is 11.5 Å². The number of aromatic hydroxyl groups is 3. The minimum atomic E-state index is -5.12. The summed E-state index contributed by atoms with van der Waals surface area (Å²) in [7, 11) is -5.12. The molecule has 0 fully saturated rings. The van der Waals surface area contributed by atoms with Gasteiger partial charge in [0.15, 0.2) is 22.7 Å². The molecule has 0 aliphatic carbocycles. The van der Waals surface area contributed by atoms with Gasteiger partial charge in [-0.3, -0.25) is 4.55 Å². The monoisotopic (exact) mass is 382 g/mol. The van der Waals surface area contributed by atoms with Gasteiger partial charge in [-0.2, -0.15) is 8.42 Å². The van der Waals surface area contributed by atoms with E-state index >= 15 is 0 Å². The molecule has 2 aromatic carbocycles. The van der Waals surface area contributed by atoms with Crippen LogP contribution < -0.4 is 15.4 Å². The van der Waals surface area contributed by atoms with Crippen molar-refractivity contribution in [2.75, 3.05) is 0 Å². The first-order chi connectivity index (χ1) is 12.1. The highest BCUT2D eigenvalue weighted by atomic mass is 32.3. The number of phenols is 3. The van der Waals surface area contributed by atoms with Crippen molar-refractivity contribution in [3.63, 3.8) is 0 Å². The summed E-state index contributed by atoms with van der Waals surface area (Å²) in [6.45, 7) is 0. The first kappa shape index (κ1) is 16.0. The molecule has 0 spiro atoms. The molecular weight excluding hydrogens is 376 g/mol. The third kappa shape index (κ3) is 2.06. The highest BCUT2D eigenvalue weighted by Gasteiger charge is 2.27. The van der Waals surface area contributed by atoms with Crippen molar-refractivity contribution in [3.05, 3.63) is 33.0 Å². The Balaban J connectivity index is 2.39. The van der Waals surface area contributed by atoms with E-state index in [0.717, 1.165) is 12.1 Å². The third-order valence-electron chi connectivity index (χ3n) is 3.72. The van der Waals surface area contributed by atoms with Gasteiger partial charge in [0.05, 0.1) is 10.8 Å². The second-order valence-corrected chi connectivity index (χ2v) is 6.28. The lowest BCUT2D eigenvalue weighted by Gasteiger charge is -2.12. The van der Waals surface area contributed by atoms with E-state index in [1.54, 1.807) is 0 Å². The van der Waals surface area contributed by atoms with Crippen molar-refractivity contribution in [2.24, 2.45) is 0 Å².